The lowest BCUT2D eigenvalue weighted by atomic mass is 10.1. The van der Waals surface area contributed by atoms with Gasteiger partial charge in [-0.1, -0.05) is 30.3 Å². The molecule has 0 bridgehead atoms. The van der Waals surface area contributed by atoms with E-state index in [4.69, 9.17) is 9.97 Å². The summed E-state index contributed by atoms with van der Waals surface area (Å²) in [6.07, 6.45) is 1.74. The highest BCUT2D eigenvalue weighted by Crippen LogP contribution is 2.33. The molecule has 5 aromatic rings. The molecule has 0 saturated heterocycles. The average molecular weight is 381 g/mol. The quantitative estimate of drug-likeness (QED) is 0.330. The first-order chi connectivity index (χ1) is 14.1. The van der Waals surface area contributed by atoms with E-state index in [1.165, 1.54) is 12.1 Å². The molecule has 3 aromatic heterocycles. The largest absolute Gasteiger partial charge is 0.273 e. The molecule has 0 spiro atoms. The maximum atomic E-state index is 11.0. The lowest BCUT2D eigenvalue weighted by Crippen LogP contribution is -1.99. The first-order valence-corrected chi connectivity index (χ1v) is 9.07. The number of rotatable bonds is 3. The van der Waals surface area contributed by atoms with Gasteiger partial charge >= 0.3 is 0 Å². The second-order valence-electron chi connectivity index (χ2n) is 6.68. The summed E-state index contributed by atoms with van der Waals surface area (Å²) >= 11 is 0. The Morgan fingerprint density at radius 2 is 1.66 bits per heavy atom. The van der Waals surface area contributed by atoms with Gasteiger partial charge in [0.25, 0.3) is 5.69 Å². The number of imidazole rings is 1. The van der Waals surface area contributed by atoms with Gasteiger partial charge in [0.2, 0.25) is 0 Å². The lowest BCUT2D eigenvalue weighted by molar-refractivity contribution is -0.384. The molecule has 140 valence electrons. The number of hydrogen-bond donors (Lipinski definition) is 0. The molecule has 5 rings (SSSR count). The van der Waals surface area contributed by atoms with Crippen molar-refractivity contribution >= 4 is 22.4 Å². The van der Waals surface area contributed by atoms with Gasteiger partial charge in [-0.05, 0) is 31.2 Å². The summed E-state index contributed by atoms with van der Waals surface area (Å²) in [4.78, 5) is 24.8. The van der Waals surface area contributed by atoms with Crippen LogP contribution in [0, 0.1) is 17.0 Å². The molecule has 7 nitrogen and oxygen atoms in total. The van der Waals surface area contributed by atoms with Gasteiger partial charge in [0.1, 0.15) is 11.3 Å². The standard InChI is InChI=1S/C22H15N5O2/c1-14-20-19(15-9-11-17(12-10-15)27(28)29)25-18-8-5-13-23-22(18)26(20)21(24-14)16-6-3-2-4-7-16/h2-13H,1H3. The van der Waals surface area contributed by atoms with Gasteiger partial charge in [0, 0.05) is 29.5 Å². The van der Waals surface area contributed by atoms with Gasteiger partial charge in [-0.15, -0.1) is 0 Å². The number of nitro groups is 1. The summed E-state index contributed by atoms with van der Waals surface area (Å²) in [5, 5.41) is 11.0. The van der Waals surface area contributed by atoms with E-state index in [1.807, 2.05) is 53.8 Å². The van der Waals surface area contributed by atoms with Crippen LogP contribution in [0.25, 0.3) is 39.3 Å². The number of non-ortho nitro benzene ring substituents is 1. The Bertz CT molecular complexity index is 1380. The van der Waals surface area contributed by atoms with Crippen molar-refractivity contribution in [3.05, 3.63) is 88.7 Å². The van der Waals surface area contributed by atoms with Crippen molar-refractivity contribution in [3.63, 3.8) is 0 Å². The minimum atomic E-state index is -0.408. The minimum Gasteiger partial charge on any atom is -0.273 e. The number of fused-ring (bicyclic) bond motifs is 3. The van der Waals surface area contributed by atoms with Gasteiger partial charge in [-0.2, -0.15) is 0 Å². The maximum absolute atomic E-state index is 11.0. The third-order valence-corrected chi connectivity index (χ3v) is 4.87. The number of nitrogens with zero attached hydrogens (tertiary/aromatic N) is 5. The van der Waals surface area contributed by atoms with Crippen LogP contribution in [0.4, 0.5) is 5.69 Å². The summed E-state index contributed by atoms with van der Waals surface area (Å²) in [7, 11) is 0. The molecule has 0 unspecified atom stereocenters. The molecule has 0 N–H and O–H groups in total. The number of nitro benzene ring substituents is 1. The van der Waals surface area contributed by atoms with Crippen LogP contribution < -0.4 is 0 Å². The second kappa shape index (κ2) is 6.49. The number of aromatic nitrogens is 4. The summed E-state index contributed by atoms with van der Waals surface area (Å²) in [6, 6.07) is 20.1. The van der Waals surface area contributed by atoms with E-state index >= 15 is 0 Å². The third-order valence-electron chi connectivity index (χ3n) is 4.87. The lowest BCUT2D eigenvalue weighted by Gasteiger charge is -2.10. The zero-order chi connectivity index (χ0) is 20.0. The molecular weight excluding hydrogens is 366 g/mol. The molecule has 0 amide bonds. The van der Waals surface area contributed by atoms with Crippen LogP contribution in [0.3, 0.4) is 0 Å². The highest BCUT2D eigenvalue weighted by atomic mass is 16.6. The van der Waals surface area contributed by atoms with Crippen molar-refractivity contribution in [1.29, 1.82) is 0 Å². The smallest absolute Gasteiger partial charge is 0.269 e. The number of pyridine rings is 1. The van der Waals surface area contributed by atoms with Crippen LogP contribution in [0.15, 0.2) is 72.9 Å². The zero-order valence-corrected chi connectivity index (χ0v) is 15.5. The first-order valence-electron chi connectivity index (χ1n) is 9.07. The van der Waals surface area contributed by atoms with E-state index in [0.717, 1.165) is 33.7 Å². The first kappa shape index (κ1) is 17.0. The molecule has 3 heterocycles. The van der Waals surface area contributed by atoms with E-state index in [1.54, 1.807) is 18.3 Å². The minimum absolute atomic E-state index is 0.0439. The average Bonchev–Trinajstić information content (AvgIpc) is 3.11. The Labute approximate surface area is 165 Å². The molecule has 7 heteroatoms. The summed E-state index contributed by atoms with van der Waals surface area (Å²) in [6.45, 7) is 1.94. The molecule has 0 aliphatic carbocycles. The van der Waals surface area contributed by atoms with Crippen molar-refractivity contribution in [1.82, 2.24) is 19.4 Å². The van der Waals surface area contributed by atoms with Crippen LogP contribution in [0.2, 0.25) is 0 Å². The molecule has 0 fully saturated rings. The van der Waals surface area contributed by atoms with Crippen molar-refractivity contribution < 1.29 is 4.92 Å². The number of benzene rings is 2. The fraction of sp³-hybridized carbons (Fsp3) is 0.0455. The Morgan fingerprint density at radius 3 is 2.38 bits per heavy atom. The van der Waals surface area contributed by atoms with Gasteiger partial charge < -0.3 is 0 Å². The normalized spacial score (nSPS) is 11.2. The van der Waals surface area contributed by atoms with Gasteiger partial charge in [-0.3, -0.25) is 14.5 Å². The highest BCUT2D eigenvalue weighted by molar-refractivity contribution is 5.89. The molecule has 2 aromatic carbocycles. The monoisotopic (exact) mass is 381 g/mol. The predicted octanol–water partition coefficient (Wildman–Crippen LogP) is 4.83. The Balaban J connectivity index is 1.87. The molecule has 0 saturated carbocycles. The summed E-state index contributed by atoms with van der Waals surface area (Å²) < 4.78 is 2.02. The van der Waals surface area contributed by atoms with E-state index in [9.17, 15) is 10.1 Å². The van der Waals surface area contributed by atoms with E-state index < -0.39 is 4.92 Å². The zero-order valence-electron chi connectivity index (χ0n) is 15.5. The van der Waals surface area contributed by atoms with Crippen LogP contribution >= 0.6 is 0 Å². The second-order valence-corrected chi connectivity index (χ2v) is 6.68. The van der Waals surface area contributed by atoms with Crippen molar-refractivity contribution in [3.8, 4) is 22.6 Å². The summed E-state index contributed by atoms with van der Waals surface area (Å²) in [5.41, 5.74) is 5.61. The highest BCUT2D eigenvalue weighted by Gasteiger charge is 2.19. The van der Waals surface area contributed by atoms with Crippen LogP contribution in [0.5, 0.6) is 0 Å². The third kappa shape index (κ3) is 2.71. The van der Waals surface area contributed by atoms with Crippen molar-refractivity contribution in [2.75, 3.05) is 0 Å². The fourth-order valence-corrected chi connectivity index (χ4v) is 3.56. The Hall–Kier alpha value is -4.13. The van der Waals surface area contributed by atoms with E-state index in [2.05, 4.69) is 4.98 Å². The molecule has 0 radical (unpaired) electrons. The molecule has 0 aliphatic heterocycles. The van der Waals surface area contributed by atoms with E-state index in [0.29, 0.717) is 11.3 Å². The van der Waals surface area contributed by atoms with Gasteiger partial charge in [0.15, 0.2) is 5.65 Å². The Kier molecular flexibility index (Phi) is 3.80. The number of aryl methyl sites for hydroxylation is 1. The fourth-order valence-electron chi connectivity index (χ4n) is 3.56. The predicted molar refractivity (Wildman–Crippen MR) is 111 cm³/mol. The number of hydrogen-bond acceptors (Lipinski definition) is 5. The van der Waals surface area contributed by atoms with Crippen LogP contribution in [-0.4, -0.2) is 24.3 Å². The van der Waals surface area contributed by atoms with E-state index in [-0.39, 0.29) is 5.69 Å². The van der Waals surface area contributed by atoms with Crippen LogP contribution in [-0.2, 0) is 0 Å². The van der Waals surface area contributed by atoms with Gasteiger partial charge in [-0.25, -0.2) is 15.0 Å². The maximum Gasteiger partial charge on any atom is 0.269 e. The Morgan fingerprint density at radius 1 is 0.897 bits per heavy atom. The summed E-state index contributed by atoms with van der Waals surface area (Å²) in [5.74, 6) is 0.785. The molecule has 0 atom stereocenters. The van der Waals surface area contributed by atoms with Crippen molar-refractivity contribution in [2.24, 2.45) is 0 Å². The molecular formula is C22H15N5O2. The SMILES string of the molecule is Cc1nc(-c2ccccc2)n2c1c(-c1ccc([N+](=O)[O-])cc1)nc1cccnc12. The van der Waals surface area contributed by atoms with Crippen molar-refractivity contribution in [2.45, 2.75) is 6.92 Å². The molecule has 0 aliphatic rings. The molecule has 29 heavy (non-hydrogen) atoms. The van der Waals surface area contributed by atoms with Crippen LogP contribution in [0.1, 0.15) is 5.69 Å². The van der Waals surface area contributed by atoms with Gasteiger partial charge in [0.05, 0.1) is 21.8 Å². The topological polar surface area (TPSA) is 86.2 Å².